The van der Waals surface area contributed by atoms with Gasteiger partial charge in [-0.15, -0.1) is 0 Å². The Kier molecular flexibility index (Phi) is 4.42. The van der Waals surface area contributed by atoms with Crippen LogP contribution >= 0.6 is 0 Å². The van der Waals surface area contributed by atoms with Crippen molar-refractivity contribution >= 4 is 17.1 Å². The predicted molar refractivity (Wildman–Crippen MR) is 131 cm³/mol. The molecule has 4 aromatic carbocycles. The van der Waals surface area contributed by atoms with Crippen molar-refractivity contribution in [2.24, 2.45) is 0 Å². The van der Waals surface area contributed by atoms with E-state index in [0.717, 1.165) is 6.42 Å². The van der Waals surface area contributed by atoms with Gasteiger partial charge < -0.3 is 4.90 Å². The molecule has 0 radical (unpaired) electrons. The number of rotatable bonds is 5. The van der Waals surface area contributed by atoms with Crippen LogP contribution in [0.4, 0.5) is 17.1 Å². The van der Waals surface area contributed by atoms with E-state index < -0.39 is 0 Å². The maximum atomic E-state index is 2.42. The quantitative estimate of drug-likeness (QED) is 0.333. The van der Waals surface area contributed by atoms with Crippen LogP contribution in [0.1, 0.15) is 34.7 Å². The monoisotopic (exact) mass is 401 g/mol. The second-order valence-electron chi connectivity index (χ2n) is 8.84. The van der Waals surface area contributed by atoms with Gasteiger partial charge in [0.05, 0.1) is 0 Å². The molecule has 31 heavy (non-hydrogen) atoms. The van der Waals surface area contributed by atoms with Crippen LogP contribution in [0.25, 0.3) is 11.1 Å². The van der Waals surface area contributed by atoms with Crippen molar-refractivity contribution in [2.45, 2.75) is 39.0 Å². The van der Waals surface area contributed by atoms with E-state index >= 15 is 0 Å². The fourth-order valence-electron chi connectivity index (χ4n) is 4.82. The number of benzene rings is 4. The van der Waals surface area contributed by atoms with Gasteiger partial charge in [-0.3, -0.25) is 0 Å². The van der Waals surface area contributed by atoms with Crippen molar-refractivity contribution in [3.8, 4) is 11.1 Å². The number of hydrogen-bond donors (Lipinski definition) is 0. The summed E-state index contributed by atoms with van der Waals surface area (Å²) in [6.45, 7) is 2.20. The summed E-state index contributed by atoms with van der Waals surface area (Å²) in [5.41, 5.74) is 13.7. The topological polar surface area (TPSA) is 3.24 Å². The smallest absolute Gasteiger partial charge is 0.0464 e. The lowest BCUT2D eigenvalue weighted by Crippen LogP contribution is -2.15. The molecule has 2 aliphatic carbocycles. The van der Waals surface area contributed by atoms with Gasteiger partial charge in [0.1, 0.15) is 0 Å². The van der Waals surface area contributed by atoms with Gasteiger partial charge in [-0.05, 0) is 107 Å². The second kappa shape index (κ2) is 7.42. The van der Waals surface area contributed by atoms with Crippen LogP contribution < -0.4 is 4.90 Å². The molecule has 0 heterocycles. The Hall–Kier alpha value is -3.32. The zero-order valence-electron chi connectivity index (χ0n) is 18.1. The maximum absolute atomic E-state index is 2.42. The van der Waals surface area contributed by atoms with Crippen molar-refractivity contribution < 1.29 is 0 Å². The highest BCUT2D eigenvalue weighted by molar-refractivity contribution is 5.79. The molecule has 0 saturated heterocycles. The van der Waals surface area contributed by atoms with Gasteiger partial charge in [0.25, 0.3) is 0 Å². The lowest BCUT2D eigenvalue weighted by molar-refractivity contribution is 0.836. The Balaban J connectivity index is 1.40. The largest absolute Gasteiger partial charge is 0.310 e. The minimum Gasteiger partial charge on any atom is -0.310 e. The van der Waals surface area contributed by atoms with E-state index in [0.29, 0.717) is 0 Å². The van der Waals surface area contributed by atoms with Crippen molar-refractivity contribution in [1.29, 1.82) is 0 Å². The fourth-order valence-corrected chi connectivity index (χ4v) is 4.82. The Bertz CT molecular complexity index is 1190. The minimum absolute atomic E-state index is 1.08. The highest BCUT2D eigenvalue weighted by Crippen LogP contribution is 2.40. The molecule has 0 N–H and O–H groups in total. The van der Waals surface area contributed by atoms with Crippen LogP contribution in [0.15, 0.2) is 84.9 Å². The average molecular weight is 402 g/mol. The average Bonchev–Trinajstić information content (AvgIpc) is 2.78. The summed E-state index contributed by atoms with van der Waals surface area (Å²) >= 11 is 0. The molecule has 0 aromatic heterocycles. The highest BCUT2D eigenvalue weighted by atomic mass is 15.1. The summed E-state index contributed by atoms with van der Waals surface area (Å²) < 4.78 is 0. The van der Waals surface area contributed by atoms with E-state index in [9.17, 15) is 0 Å². The van der Waals surface area contributed by atoms with Gasteiger partial charge in [-0.2, -0.15) is 0 Å². The molecule has 1 heteroatoms. The third-order valence-electron chi connectivity index (χ3n) is 7.04. The van der Waals surface area contributed by atoms with Gasteiger partial charge in [-0.1, -0.05) is 55.5 Å². The molecule has 0 fully saturated rings. The molecule has 0 aliphatic heterocycles. The molecule has 4 aromatic rings. The first-order valence-corrected chi connectivity index (χ1v) is 11.5. The Morgan fingerprint density at radius 2 is 0.968 bits per heavy atom. The SMILES string of the molecule is CCc1ccc(-c2ccc(N(c3ccc4c(c3)CC4)c3ccc4c(c3)CC4)cc2)cc1. The maximum Gasteiger partial charge on any atom is 0.0464 e. The summed E-state index contributed by atoms with van der Waals surface area (Å²) in [6, 6.07) is 31.9. The van der Waals surface area contributed by atoms with Gasteiger partial charge in [0.2, 0.25) is 0 Å². The van der Waals surface area contributed by atoms with Crippen LogP contribution in [0, 0.1) is 0 Å². The van der Waals surface area contributed by atoms with Crippen molar-refractivity contribution in [3.05, 3.63) is 113 Å². The number of fused-ring (bicyclic) bond motifs is 2. The summed E-state index contributed by atoms with van der Waals surface area (Å²) in [5, 5.41) is 0. The summed E-state index contributed by atoms with van der Waals surface area (Å²) in [5.74, 6) is 0. The Morgan fingerprint density at radius 1 is 0.516 bits per heavy atom. The van der Waals surface area contributed by atoms with Crippen LogP contribution in [0.2, 0.25) is 0 Å². The first-order chi connectivity index (χ1) is 15.3. The van der Waals surface area contributed by atoms with Gasteiger partial charge in [0, 0.05) is 17.1 Å². The molecule has 0 unspecified atom stereocenters. The van der Waals surface area contributed by atoms with Crippen LogP contribution in [0.3, 0.4) is 0 Å². The summed E-state index contributed by atoms with van der Waals surface area (Å²) in [6.07, 6.45) is 5.93. The minimum atomic E-state index is 1.08. The zero-order chi connectivity index (χ0) is 20.8. The van der Waals surface area contributed by atoms with E-state index in [-0.39, 0.29) is 0 Å². The molecule has 152 valence electrons. The molecule has 0 atom stereocenters. The fraction of sp³-hybridized carbons (Fsp3) is 0.200. The summed E-state index contributed by atoms with van der Waals surface area (Å²) in [4.78, 5) is 2.42. The van der Waals surface area contributed by atoms with Crippen LogP contribution in [-0.2, 0) is 32.1 Å². The first-order valence-electron chi connectivity index (χ1n) is 11.5. The molecule has 0 saturated carbocycles. The van der Waals surface area contributed by atoms with Crippen LogP contribution in [0.5, 0.6) is 0 Å². The van der Waals surface area contributed by atoms with Crippen molar-refractivity contribution in [3.63, 3.8) is 0 Å². The molecule has 2 aliphatic rings. The van der Waals surface area contributed by atoms with Gasteiger partial charge in [0.15, 0.2) is 0 Å². The molecular weight excluding hydrogens is 374 g/mol. The lowest BCUT2D eigenvalue weighted by Gasteiger charge is -2.30. The van der Waals surface area contributed by atoms with Gasteiger partial charge in [-0.25, -0.2) is 0 Å². The number of hydrogen-bond acceptors (Lipinski definition) is 1. The van der Waals surface area contributed by atoms with E-state index in [2.05, 4.69) is 96.8 Å². The predicted octanol–water partition coefficient (Wildman–Crippen LogP) is 7.58. The molecule has 1 nitrogen and oxygen atoms in total. The Morgan fingerprint density at radius 3 is 1.39 bits per heavy atom. The van der Waals surface area contributed by atoms with E-state index in [1.54, 1.807) is 0 Å². The molecule has 0 spiro atoms. The third-order valence-corrected chi connectivity index (χ3v) is 7.04. The Labute approximate surface area is 185 Å². The molecule has 0 bridgehead atoms. The lowest BCUT2D eigenvalue weighted by atomic mass is 9.87. The number of anilines is 3. The number of aryl methyl sites for hydroxylation is 5. The van der Waals surface area contributed by atoms with Crippen molar-refractivity contribution in [1.82, 2.24) is 0 Å². The first kappa shape index (κ1) is 18.4. The molecule has 0 amide bonds. The highest BCUT2D eigenvalue weighted by Gasteiger charge is 2.20. The van der Waals surface area contributed by atoms with Crippen molar-refractivity contribution in [2.75, 3.05) is 4.90 Å². The second-order valence-corrected chi connectivity index (χ2v) is 8.84. The van der Waals surface area contributed by atoms with Crippen LogP contribution in [-0.4, -0.2) is 0 Å². The number of nitrogens with zero attached hydrogens (tertiary/aromatic N) is 1. The van der Waals surface area contributed by atoms with Gasteiger partial charge >= 0.3 is 0 Å². The zero-order valence-corrected chi connectivity index (χ0v) is 18.1. The van der Waals surface area contributed by atoms with E-state index in [4.69, 9.17) is 0 Å². The van der Waals surface area contributed by atoms with E-state index in [1.807, 2.05) is 0 Å². The molecular formula is C30H27N. The van der Waals surface area contributed by atoms with E-state index in [1.165, 1.54) is 81.7 Å². The molecule has 6 rings (SSSR count). The standard InChI is InChI=1S/C30H27N/c1-2-21-3-5-22(6-4-21)23-11-15-28(16-12-23)31(29-17-13-24-7-9-26(24)19-29)30-18-14-25-8-10-27(25)20-30/h3-6,11-20H,2,7-10H2,1H3. The third kappa shape index (κ3) is 3.25. The normalized spacial score (nSPS) is 13.6. The summed E-state index contributed by atoms with van der Waals surface area (Å²) in [7, 11) is 0.